The lowest BCUT2D eigenvalue weighted by molar-refractivity contribution is 0.191. The Morgan fingerprint density at radius 2 is 2.20 bits per heavy atom. The molecule has 0 spiro atoms. The van der Waals surface area contributed by atoms with Crippen molar-refractivity contribution < 1.29 is 4.39 Å². The Balaban J connectivity index is 2.05. The van der Waals surface area contributed by atoms with Gasteiger partial charge in [-0.3, -0.25) is 0 Å². The molecule has 3 heteroatoms. The van der Waals surface area contributed by atoms with Crippen molar-refractivity contribution in [2.75, 3.05) is 20.1 Å². The SMILES string of the molecule is CN1CC(c2csc3cc(F)ccc23)C1. The Labute approximate surface area is 92.1 Å². The largest absolute Gasteiger partial charge is 0.305 e. The molecule has 0 bridgehead atoms. The number of likely N-dealkylation sites (N-methyl/N-ethyl adjacent to an activating group) is 1. The van der Waals surface area contributed by atoms with Crippen LogP contribution < -0.4 is 0 Å². The van der Waals surface area contributed by atoms with E-state index < -0.39 is 0 Å². The van der Waals surface area contributed by atoms with Crippen molar-refractivity contribution in [2.45, 2.75) is 5.92 Å². The molecule has 1 aromatic heterocycles. The van der Waals surface area contributed by atoms with Crippen LogP contribution in [0.4, 0.5) is 4.39 Å². The number of nitrogens with zero attached hydrogens (tertiary/aromatic N) is 1. The van der Waals surface area contributed by atoms with Gasteiger partial charge in [-0.2, -0.15) is 0 Å². The predicted octanol–water partition coefficient (Wildman–Crippen LogP) is 3.07. The summed E-state index contributed by atoms with van der Waals surface area (Å²) in [6.07, 6.45) is 0. The second kappa shape index (κ2) is 3.29. The van der Waals surface area contributed by atoms with E-state index in [1.165, 1.54) is 10.9 Å². The van der Waals surface area contributed by atoms with Gasteiger partial charge in [0.15, 0.2) is 0 Å². The maximum atomic E-state index is 13.0. The van der Waals surface area contributed by atoms with Gasteiger partial charge in [-0.1, -0.05) is 6.07 Å². The van der Waals surface area contributed by atoms with Crippen LogP contribution in [0.25, 0.3) is 10.1 Å². The van der Waals surface area contributed by atoms with Gasteiger partial charge in [0.25, 0.3) is 0 Å². The number of hydrogen-bond donors (Lipinski definition) is 0. The number of likely N-dealkylation sites (tertiary alicyclic amines) is 1. The zero-order chi connectivity index (χ0) is 10.4. The predicted molar refractivity (Wildman–Crippen MR) is 62.0 cm³/mol. The molecule has 0 amide bonds. The van der Waals surface area contributed by atoms with Gasteiger partial charge in [-0.05, 0) is 35.5 Å². The summed E-state index contributed by atoms with van der Waals surface area (Å²) >= 11 is 1.65. The normalized spacial score (nSPS) is 18.3. The van der Waals surface area contributed by atoms with E-state index in [2.05, 4.69) is 17.3 Å². The molecule has 2 aromatic rings. The van der Waals surface area contributed by atoms with Crippen molar-refractivity contribution in [3.8, 4) is 0 Å². The van der Waals surface area contributed by atoms with E-state index in [1.54, 1.807) is 23.5 Å². The highest BCUT2D eigenvalue weighted by molar-refractivity contribution is 7.17. The third kappa shape index (κ3) is 1.46. The maximum Gasteiger partial charge on any atom is 0.124 e. The third-order valence-corrected chi connectivity index (χ3v) is 4.03. The molecule has 1 aliphatic rings. The van der Waals surface area contributed by atoms with Crippen LogP contribution in [0, 0.1) is 5.82 Å². The van der Waals surface area contributed by atoms with Crippen LogP contribution in [0.1, 0.15) is 11.5 Å². The van der Waals surface area contributed by atoms with Gasteiger partial charge in [0, 0.05) is 23.7 Å². The summed E-state index contributed by atoms with van der Waals surface area (Å²) < 4.78 is 14.1. The van der Waals surface area contributed by atoms with E-state index >= 15 is 0 Å². The minimum atomic E-state index is -0.137. The standard InChI is InChI=1S/C12H12FNS/c1-14-5-8(6-14)11-7-15-12-4-9(13)2-3-10(11)12/h2-4,7-8H,5-6H2,1H3. The molecule has 0 radical (unpaired) electrons. The van der Waals surface area contributed by atoms with Crippen LogP contribution in [0.15, 0.2) is 23.6 Å². The summed E-state index contributed by atoms with van der Waals surface area (Å²) in [6, 6.07) is 5.10. The monoisotopic (exact) mass is 221 g/mol. The average molecular weight is 221 g/mol. The Morgan fingerprint density at radius 1 is 1.40 bits per heavy atom. The lowest BCUT2D eigenvalue weighted by atomic mass is 9.92. The Bertz CT molecular complexity index is 499. The highest BCUT2D eigenvalue weighted by Gasteiger charge is 2.26. The van der Waals surface area contributed by atoms with E-state index in [0.29, 0.717) is 5.92 Å². The smallest absolute Gasteiger partial charge is 0.124 e. The molecule has 15 heavy (non-hydrogen) atoms. The van der Waals surface area contributed by atoms with Crippen molar-refractivity contribution in [3.63, 3.8) is 0 Å². The van der Waals surface area contributed by atoms with Crippen LogP contribution in [0.5, 0.6) is 0 Å². The molecule has 0 unspecified atom stereocenters. The second-order valence-electron chi connectivity index (χ2n) is 4.25. The Morgan fingerprint density at radius 3 is 2.93 bits per heavy atom. The van der Waals surface area contributed by atoms with Gasteiger partial charge >= 0.3 is 0 Å². The lowest BCUT2D eigenvalue weighted by Crippen LogP contribution is -2.41. The van der Waals surface area contributed by atoms with E-state index in [4.69, 9.17) is 0 Å². The van der Waals surface area contributed by atoms with Gasteiger partial charge < -0.3 is 4.90 Å². The molecular weight excluding hydrogens is 209 g/mol. The van der Waals surface area contributed by atoms with Crippen LogP contribution in [0.2, 0.25) is 0 Å². The molecular formula is C12H12FNS. The minimum absolute atomic E-state index is 0.137. The molecule has 3 rings (SSSR count). The van der Waals surface area contributed by atoms with Crippen LogP contribution in [-0.2, 0) is 0 Å². The molecule has 0 N–H and O–H groups in total. The van der Waals surface area contributed by atoms with E-state index in [1.807, 2.05) is 6.07 Å². The summed E-state index contributed by atoms with van der Waals surface area (Å²) in [7, 11) is 2.13. The molecule has 1 aliphatic heterocycles. The number of rotatable bonds is 1. The van der Waals surface area contributed by atoms with Gasteiger partial charge in [0.1, 0.15) is 5.82 Å². The zero-order valence-electron chi connectivity index (χ0n) is 8.53. The molecule has 0 atom stereocenters. The molecule has 1 nitrogen and oxygen atoms in total. The number of halogens is 1. The Hall–Kier alpha value is -0.930. The highest BCUT2D eigenvalue weighted by Crippen LogP contribution is 2.35. The fourth-order valence-electron chi connectivity index (χ4n) is 2.23. The first-order valence-electron chi connectivity index (χ1n) is 5.09. The highest BCUT2D eigenvalue weighted by atomic mass is 32.1. The first-order valence-corrected chi connectivity index (χ1v) is 5.97. The van der Waals surface area contributed by atoms with Crippen LogP contribution in [0.3, 0.4) is 0 Å². The van der Waals surface area contributed by atoms with Gasteiger partial charge in [-0.25, -0.2) is 4.39 Å². The molecule has 2 heterocycles. The number of fused-ring (bicyclic) bond motifs is 1. The first kappa shape index (κ1) is 9.31. The molecule has 1 saturated heterocycles. The third-order valence-electron chi connectivity index (χ3n) is 3.07. The fourth-order valence-corrected chi connectivity index (χ4v) is 3.30. The van der Waals surface area contributed by atoms with Crippen molar-refractivity contribution >= 4 is 21.4 Å². The van der Waals surface area contributed by atoms with Gasteiger partial charge in [0.2, 0.25) is 0 Å². The average Bonchev–Trinajstić information content (AvgIpc) is 2.55. The second-order valence-corrected chi connectivity index (χ2v) is 5.16. The molecule has 1 aromatic carbocycles. The molecule has 78 valence electrons. The lowest BCUT2D eigenvalue weighted by Gasteiger charge is -2.36. The maximum absolute atomic E-state index is 13.0. The zero-order valence-corrected chi connectivity index (χ0v) is 9.35. The van der Waals surface area contributed by atoms with Gasteiger partial charge in [0.05, 0.1) is 0 Å². The van der Waals surface area contributed by atoms with E-state index in [-0.39, 0.29) is 5.82 Å². The number of hydrogen-bond acceptors (Lipinski definition) is 2. The van der Waals surface area contributed by atoms with Crippen LogP contribution in [-0.4, -0.2) is 25.0 Å². The molecule has 0 aliphatic carbocycles. The summed E-state index contributed by atoms with van der Waals surface area (Å²) in [5.41, 5.74) is 1.40. The van der Waals surface area contributed by atoms with Crippen molar-refractivity contribution in [1.29, 1.82) is 0 Å². The van der Waals surface area contributed by atoms with Crippen molar-refractivity contribution in [1.82, 2.24) is 4.90 Å². The number of thiophene rings is 1. The summed E-state index contributed by atoms with van der Waals surface area (Å²) in [5.74, 6) is 0.510. The summed E-state index contributed by atoms with van der Waals surface area (Å²) in [4.78, 5) is 2.30. The summed E-state index contributed by atoms with van der Waals surface area (Å²) in [6.45, 7) is 2.26. The number of benzene rings is 1. The first-order chi connectivity index (χ1) is 7.24. The molecule has 0 saturated carbocycles. The Kier molecular flexibility index (Phi) is 2.04. The van der Waals surface area contributed by atoms with E-state index in [9.17, 15) is 4.39 Å². The van der Waals surface area contributed by atoms with Crippen molar-refractivity contribution in [3.05, 3.63) is 35.0 Å². The van der Waals surface area contributed by atoms with Gasteiger partial charge in [-0.15, -0.1) is 11.3 Å². The fraction of sp³-hybridized carbons (Fsp3) is 0.333. The summed E-state index contributed by atoms with van der Waals surface area (Å²) in [5, 5.41) is 3.42. The molecule has 1 fully saturated rings. The van der Waals surface area contributed by atoms with Crippen LogP contribution >= 0.6 is 11.3 Å². The topological polar surface area (TPSA) is 3.24 Å². The minimum Gasteiger partial charge on any atom is -0.305 e. The van der Waals surface area contributed by atoms with E-state index in [0.717, 1.165) is 17.8 Å². The quantitative estimate of drug-likeness (QED) is 0.715. The van der Waals surface area contributed by atoms with Crippen molar-refractivity contribution in [2.24, 2.45) is 0 Å².